The lowest BCUT2D eigenvalue weighted by molar-refractivity contribution is -0.130. The Morgan fingerprint density at radius 2 is 1.89 bits per heavy atom. The molecule has 13 heteroatoms. The summed E-state index contributed by atoms with van der Waals surface area (Å²) in [5.74, 6) is -2.37. The molecule has 2 atom stereocenters. The first-order valence-electron chi connectivity index (χ1n) is 11.3. The number of nitrogens with one attached hydrogen (secondary N) is 2. The summed E-state index contributed by atoms with van der Waals surface area (Å²) in [5, 5.41) is 5.78. The molecule has 2 aliphatic rings. The van der Waals surface area contributed by atoms with Crippen LogP contribution in [0, 0.1) is 11.6 Å². The number of aromatic nitrogens is 2. The summed E-state index contributed by atoms with van der Waals surface area (Å²) < 4.78 is 34.8. The predicted octanol–water partition coefficient (Wildman–Crippen LogP) is 0.794. The molecule has 0 radical (unpaired) electrons. The molecule has 35 heavy (non-hydrogen) atoms. The number of morpholine rings is 1. The second-order valence-corrected chi connectivity index (χ2v) is 8.50. The van der Waals surface area contributed by atoms with Crippen LogP contribution in [0.25, 0.3) is 0 Å². The number of amides is 2. The van der Waals surface area contributed by atoms with Gasteiger partial charge >= 0.3 is 0 Å². The van der Waals surface area contributed by atoms with Gasteiger partial charge in [0.05, 0.1) is 30.7 Å². The van der Waals surface area contributed by atoms with Gasteiger partial charge in [-0.3, -0.25) is 9.59 Å². The van der Waals surface area contributed by atoms with E-state index in [2.05, 4.69) is 20.6 Å². The minimum Gasteiger partial charge on any atom is -0.378 e. The van der Waals surface area contributed by atoms with Gasteiger partial charge in [0.25, 0.3) is 5.91 Å². The average Bonchev–Trinajstić information content (AvgIpc) is 2.82. The molecule has 11 nitrogen and oxygen atoms in total. The van der Waals surface area contributed by atoms with E-state index < -0.39 is 23.6 Å². The van der Waals surface area contributed by atoms with Crippen LogP contribution in [-0.4, -0.2) is 78.2 Å². The van der Waals surface area contributed by atoms with Crippen molar-refractivity contribution in [2.75, 3.05) is 54.9 Å². The predicted molar refractivity (Wildman–Crippen MR) is 125 cm³/mol. The fourth-order valence-electron chi connectivity index (χ4n) is 4.14. The molecule has 0 aliphatic carbocycles. The molecule has 188 valence electrons. The van der Waals surface area contributed by atoms with Gasteiger partial charge in [0.2, 0.25) is 5.91 Å². The number of ether oxygens (including phenoxy) is 1. The molecule has 0 saturated carbocycles. The lowest BCUT2D eigenvalue weighted by atomic mass is 10.00. The third kappa shape index (κ3) is 5.57. The maximum Gasteiger partial charge on any atom is 0.252 e. The van der Waals surface area contributed by atoms with E-state index in [9.17, 15) is 18.4 Å². The number of carbonyl (C=O) groups is 2. The Morgan fingerprint density at radius 3 is 2.51 bits per heavy atom. The normalized spacial score (nSPS) is 20.5. The van der Waals surface area contributed by atoms with Gasteiger partial charge in [-0.25, -0.2) is 18.7 Å². The molecule has 2 fully saturated rings. The highest BCUT2D eigenvalue weighted by molar-refractivity contribution is 5.98. The number of pyridine rings is 2. The van der Waals surface area contributed by atoms with Crippen molar-refractivity contribution in [3.8, 4) is 0 Å². The van der Waals surface area contributed by atoms with Crippen LogP contribution in [0.1, 0.15) is 23.7 Å². The fourth-order valence-corrected chi connectivity index (χ4v) is 4.14. The number of hydrogen-bond donors (Lipinski definition) is 4. The fraction of sp³-hybridized carbons (Fsp3) is 0.455. The SMILES string of the molecule is CC(=O)N1CC[C@@H](Nc2nc(Nc3cnc(N4CCOCC4)c(F)c3)c(C(N)=O)cc2F)[C@@H](N)C1. The maximum absolute atomic E-state index is 14.8. The topological polar surface area (TPSA) is 152 Å². The molecule has 0 unspecified atom stereocenters. The number of halogens is 2. The first kappa shape index (κ1) is 24.5. The molecule has 2 aliphatic heterocycles. The molecule has 4 heterocycles. The number of nitrogens with two attached hydrogens (primary N) is 2. The van der Waals surface area contributed by atoms with Crippen molar-refractivity contribution in [3.63, 3.8) is 0 Å². The summed E-state index contributed by atoms with van der Waals surface area (Å²) in [7, 11) is 0. The number of hydrogen-bond acceptors (Lipinski definition) is 9. The molecule has 6 N–H and O–H groups in total. The van der Waals surface area contributed by atoms with E-state index in [1.54, 1.807) is 9.80 Å². The Kier molecular flexibility index (Phi) is 7.26. The van der Waals surface area contributed by atoms with Crippen LogP contribution in [-0.2, 0) is 9.53 Å². The first-order valence-corrected chi connectivity index (χ1v) is 11.3. The third-order valence-electron chi connectivity index (χ3n) is 6.06. The van der Waals surface area contributed by atoms with Crippen molar-refractivity contribution in [2.45, 2.75) is 25.4 Å². The Balaban J connectivity index is 1.55. The van der Waals surface area contributed by atoms with Crippen molar-refractivity contribution in [1.82, 2.24) is 14.9 Å². The van der Waals surface area contributed by atoms with E-state index in [-0.39, 0.29) is 40.7 Å². The van der Waals surface area contributed by atoms with Gasteiger partial charge in [-0.2, -0.15) is 0 Å². The van der Waals surface area contributed by atoms with Crippen molar-refractivity contribution in [3.05, 3.63) is 35.5 Å². The number of nitrogens with zero attached hydrogens (tertiary/aromatic N) is 4. The smallest absolute Gasteiger partial charge is 0.252 e. The highest BCUT2D eigenvalue weighted by atomic mass is 19.1. The summed E-state index contributed by atoms with van der Waals surface area (Å²) >= 11 is 0. The number of carbonyl (C=O) groups excluding carboxylic acids is 2. The molecule has 0 spiro atoms. The van der Waals surface area contributed by atoms with E-state index in [1.807, 2.05) is 0 Å². The van der Waals surface area contributed by atoms with Gasteiger partial charge in [0.1, 0.15) is 5.82 Å². The van der Waals surface area contributed by atoms with Gasteiger partial charge in [0.15, 0.2) is 23.3 Å². The molecular weight excluding hydrogens is 462 g/mol. The molecule has 0 bridgehead atoms. The first-order chi connectivity index (χ1) is 16.7. The molecule has 2 aromatic rings. The van der Waals surface area contributed by atoms with Crippen molar-refractivity contribution in [1.29, 1.82) is 0 Å². The van der Waals surface area contributed by atoms with Crippen LogP contribution >= 0.6 is 0 Å². The van der Waals surface area contributed by atoms with Crippen LogP contribution in [0.4, 0.5) is 31.9 Å². The molecule has 2 aromatic heterocycles. The summed E-state index contributed by atoms with van der Waals surface area (Å²) in [5.41, 5.74) is 11.6. The standard InChI is InChI=1S/C22H28F2N8O3/c1-12(33)32-3-2-18(17(25)11-32)29-21-15(23)9-14(19(26)34)20(30-21)28-13-8-16(24)22(27-10-13)31-4-6-35-7-5-31/h8-10,17-18H,2-7,11,25H2,1H3,(H2,26,34)(H2,28,29,30)/t17-,18+/m0/s1. The van der Waals surface area contributed by atoms with Crippen LogP contribution in [0.5, 0.6) is 0 Å². The number of likely N-dealkylation sites (tertiary alicyclic amines) is 1. The minimum absolute atomic E-state index is 0.0588. The van der Waals surface area contributed by atoms with Gasteiger partial charge in [0, 0.05) is 51.3 Å². The number of primary amides is 1. The van der Waals surface area contributed by atoms with Crippen LogP contribution in [0.2, 0.25) is 0 Å². The summed E-state index contributed by atoms with van der Waals surface area (Å²) in [4.78, 5) is 35.3. The van der Waals surface area contributed by atoms with Crippen molar-refractivity contribution < 1.29 is 23.1 Å². The molecule has 0 aromatic carbocycles. The Hall–Kier alpha value is -3.58. The monoisotopic (exact) mass is 490 g/mol. The maximum atomic E-state index is 14.8. The highest BCUT2D eigenvalue weighted by Crippen LogP contribution is 2.27. The van der Waals surface area contributed by atoms with E-state index in [1.165, 1.54) is 19.2 Å². The quantitative estimate of drug-likeness (QED) is 0.461. The average molecular weight is 491 g/mol. The van der Waals surface area contributed by atoms with E-state index in [0.29, 0.717) is 45.8 Å². The zero-order valence-corrected chi connectivity index (χ0v) is 19.3. The Bertz CT molecular complexity index is 1110. The number of rotatable bonds is 6. The van der Waals surface area contributed by atoms with E-state index >= 15 is 0 Å². The van der Waals surface area contributed by atoms with Crippen LogP contribution in [0.15, 0.2) is 18.3 Å². The number of piperidine rings is 1. The Morgan fingerprint density at radius 1 is 1.14 bits per heavy atom. The van der Waals surface area contributed by atoms with Gasteiger partial charge in [-0.1, -0.05) is 0 Å². The molecule has 2 amide bonds. The highest BCUT2D eigenvalue weighted by Gasteiger charge is 2.29. The van der Waals surface area contributed by atoms with Gasteiger partial charge in [-0.05, 0) is 12.5 Å². The largest absolute Gasteiger partial charge is 0.378 e. The Labute approximate surface area is 200 Å². The lowest BCUT2D eigenvalue weighted by Gasteiger charge is -2.36. The van der Waals surface area contributed by atoms with Crippen molar-refractivity contribution >= 4 is 35.0 Å². The van der Waals surface area contributed by atoms with Crippen molar-refractivity contribution in [2.24, 2.45) is 11.5 Å². The summed E-state index contributed by atoms with van der Waals surface area (Å²) in [6.45, 7) is 4.25. The van der Waals surface area contributed by atoms with Crippen LogP contribution < -0.4 is 27.0 Å². The summed E-state index contributed by atoms with van der Waals surface area (Å²) in [6, 6.07) is 1.37. The van der Waals surface area contributed by atoms with Crippen LogP contribution in [0.3, 0.4) is 0 Å². The molecule has 4 rings (SSSR count). The van der Waals surface area contributed by atoms with E-state index in [4.69, 9.17) is 16.2 Å². The van der Waals surface area contributed by atoms with Gasteiger partial charge in [-0.15, -0.1) is 0 Å². The second-order valence-electron chi connectivity index (χ2n) is 8.50. The second kappa shape index (κ2) is 10.4. The zero-order valence-electron chi connectivity index (χ0n) is 19.3. The van der Waals surface area contributed by atoms with E-state index in [0.717, 1.165) is 6.07 Å². The minimum atomic E-state index is -0.907. The molecular formula is C22H28F2N8O3. The van der Waals surface area contributed by atoms with Gasteiger partial charge < -0.3 is 36.6 Å². The summed E-state index contributed by atoms with van der Waals surface area (Å²) in [6.07, 6.45) is 1.88. The lowest BCUT2D eigenvalue weighted by Crippen LogP contribution is -2.55. The molecule has 2 saturated heterocycles. The third-order valence-corrected chi connectivity index (χ3v) is 6.06. The zero-order chi connectivity index (χ0) is 25.1. The number of anilines is 4.